The number of benzene rings is 2. The van der Waals surface area contributed by atoms with E-state index in [0.29, 0.717) is 35.2 Å². The van der Waals surface area contributed by atoms with Crippen LogP contribution in [0.4, 0.5) is 11.4 Å². The standard InChI is InChI=1S/C23H24ClN3O4S/c1-31-18-10-9-15(13-16(18)24)25-20(28)14-27-17-7-3-4-8-19(17)32-21(23(27)30)22(29)26-11-5-2-6-12-26/h3-4,7-10,13,21H,2,5-6,11-12,14H2,1H3,(H,25,28)/t21-/m0/s1. The lowest BCUT2D eigenvalue weighted by molar-refractivity contribution is -0.135. The summed E-state index contributed by atoms with van der Waals surface area (Å²) in [5, 5.41) is 2.25. The SMILES string of the molecule is COc1ccc(NC(=O)CN2C(=O)[C@H](C(=O)N3CCCCC3)Sc3ccccc32)cc1Cl. The zero-order valence-electron chi connectivity index (χ0n) is 17.7. The second kappa shape index (κ2) is 9.83. The summed E-state index contributed by atoms with van der Waals surface area (Å²) in [6.45, 7) is 1.14. The molecule has 1 atom stereocenters. The van der Waals surface area contributed by atoms with Gasteiger partial charge in [0.25, 0.3) is 5.91 Å². The molecule has 2 aromatic rings. The Kier molecular flexibility index (Phi) is 6.91. The van der Waals surface area contributed by atoms with Crippen molar-refractivity contribution < 1.29 is 19.1 Å². The number of rotatable bonds is 5. The number of hydrogen-bond donors (Lipinski definition) is 1. The lowest BCUT2D eigenvalue weighted by atomic mass is 10.1. The van der Waals surface area contributed by atoms with E-state index < -0.39 is 5.25 Å². The van der Waals surface area contributed by atoms with Crippen LogP contribution in [0.3, 0.4) is 0 Å². The Hall–Kier alpha value is -2.71. The molecule has 1 saturated heterocycles. The smallest absolute Gasteiger partial charge is 0.250 e. The molecule has 7 nitrogen and oxygen atoms in total. The molecule has 9 heteroatoms. The lowest BCUT2D eigenvalue weighted by Gasteiger charge is -2.36. The Morgan fingerprint density at radius 3 is 2.62 bits per heavy atom. The van der Waals surface area contributed by atoms with E-state index >= 15 is 0 Å². The van der Waals surface area contributed by atoms with Crippen molar-refractivity contribution >= 4 is 52.5 Å². The van der Waals surface area contributed by atoms with Crippen molar-refractivity contribution in [1.29, 1.82) is 0 Å². The van der Waals surface area contributed by atoms with Crippen LogP contribution in [-0.4, -0.2) is 54.6 Å². The number of carbonyl (C=O) groups is 3. The summed E-state index contributed by atoms with van der Waals surface area (Å²) in [7, 11) is 1.51. The predicted molar refractivity (Wildman–Crippen MR) is 126 cm³/mol. The molecule has 0 spiro atoms. The molecule has 0 unspecified atom stereocenters. The summed E-state index contributed by atoms with van der Waals surface area (Å²) < 4.78 is 5.13. The molecule has 2 aliphatic rings. The molecule has 0 aliphatic carbocycles. The molecular weight excluding hydrogens is 450 g/mol. The first-order valence-electron chi connectivity index (χ1n) is 10.5. The minimum absolute atomic E-state index is 0.179. The molecule has 0 aromatic heterocycles. The number of piperidine rings is 1. The van der Waals surface area contributed by atoms with Gasteiger partial charge in [0.15, 0.2) is 5.25 Å². The van der Waals surface area contributed by atoms with E-state index in [1.54, 1.807) is 29.2 Å². The van der Waals surface area contributed by atoms with Gasteiger partial charge in [-0.05, 0) is 49.6 Å². The minimum Gasteiger partial charge on any atom is -0.495 e. The normalized spacial score (nSPS) is 18.2. The number of hydrogen-bond acceptors (Lipinski definition) is 5. The highest BCUT2D eigenvalue weighted by Gasteiger charge is 2.41. The van der Waals surface area contributed by atoms with Crippen molar-refractivity contribution in [3.63, 3.8) is 0 Å². The van der Waals surface area contributed by atoms with Gasteiger partial charge in [-0.2, -0.15) is 0 Å². The van der Waals surface area contributed by atoms with Gasteiger partial charge in [0.05, 0.1) is 17.8 Å². The van der Waals surface area contributed by atoms with Gasteiger partial charge in [-0.15, -0.1) is 11.8 Å². The summed E-state index contributed by atoms with van der Waals surface area (Å²) >= 11 is 7.40. The molecule has 168 valence electrons. The van der Waals surface area contributed by atoms with Crippen LogP contribution in [0.1, 0.15) is 19.3 Å². The molecule has 0 saturated carbocycles. The van der Waals surface area contributed by atoms with Gasteiger partial charge in [-0.1, -0.05) is 23.7 Å². The van der Waals surface area contributed by atoms with Crippen molar-refractivity contribution in [2.75, 3.05) is 37.0 Å². The molecule has 2 aliphatic heterocycles. The average molecular weight is 474 g/mol. The second-order valence-corrected chi connectivity index (χ2v) is 9.23. The zero-order valence-corrected chi connectivity index (χ0v) is 19.2. The van der Waals surface area contributed by atoms with Gasteiger partial charge >= 0.3 is 0 Å². The third-order valence-electron chi connectivity index (χ3n) is 5.52. The van der Waals surface area contributed by atoms with Gasteiger partial charge < -0.3 is 19.9 Å². The van der Waals surface area contributed by atoms with E-state index in [1.165, 1.54) is 23.8 Å². The number of anilines is 2. The number of likely N-dealkylation sites (tertiary alicyclic amines) is 1. The van der Waals surface area contributed by atoms with Crippen LogP contribution in [-0.2, 0) is 14.4 Å². The van der Waals surface area contributed by atoms with Crippen molar-refractivity contribution in [2.45, 2.75) is 29.4 Å². The van der Waals surface area contributed by atoms with Crippen molar-refractivity contribution in [2.24, 2.45) is 0 Å². The molecule has 32 heavy (non-hydrogen) atoms. The van der Waals surface area contributed by atoms with Crippen molar-refractivity contribution in [1.82, 2.24) is 4.90 Å². The fourth-order valence-corrected chi connectivity index (χ4v) is 5.35. The quantitative estimate of drug-likeness (QED) is 0.668. The summed E-state index contributed by atoms with van der Waals surface area (Å²) in [4.78, 5) is 43.2. The van der Waals surface area contributed by atoms with Crippen LogP contribution in [0, 0.1) is 0 Å². The van der Waals surface area contributed by atoms with Gasteiger partial charge in [0.2, 0.25) is 11.8 Å². The number of ether oxygens (including phenoxy) is 1. The number of methoxy groups -OCH3 is 1. The lowest BCUT2D eigenvalue weighted by Crippen LogP contribution is -2.52. The minimum atomic E-state index is -0.883. The Balaban J connectivity index is 1.53. The Labute approximate surface area is 196 Å². The molecule has 0 radical (unpaired) electrons. The Morgan fingerprint density at radius 1 is 1.16 bits per heavy atom. The highest BCUT2D eigenvalue weighted by atomic mass is 35.5. The predicted octanol–water partition coefficient (Wildman–Crippen LogP) is 3.81. The average Bonchev–Trinajstić information content (AvgIpc) is 2.81. The maximum atomic E-state index is 13.3. The van der Waals surface area contributed by atoms with E-state index in [2.05, 4.69) is 5.32 Å². The van der Waals surface area contributed by atoms with E-state index in [-0.39, 0.29) is 24.3 Å². The Morgan fingerprint density at radius 2 is 1.91 bits per heavy atom. The largest absolute Gasteiger partial charge is 0.495 e. The highest BCUT2D eigenvalue weighted by molar-refractivity contribution is 8.01. The molecule has 1 N–H and O–H groups in total. The molecule has 0 bridgehead atoms. The number of para-hydroxylation sites is 1. The van der Waals surface area contributed by atoms with Crippen LogP contribution >= 0.6 is 23.4 Å². The molecule has 1 fully saturated rings. The molecule has 3 amide bonds. The monoisotopic (exact) mass is 473 g/mol. The fourth-order valence-electron chi connectivity index (χ4n) is 3.90. The van der Waals surface area contributed by atoms with E-state index in [9.17, 15) is 14.4 Å². The fraction of sp³-hybridized carbons (Fsp3) is 0.348. The highest BCUT2D eigenvalue weighted by Crippen LogP contribution is 2.40. The molecular formula is C23H24ClN3O4S. The summed E-state index contributed by atoms with van der Waals surface area (Å²) in [5.41, 5.74) is 1.13. The van der Waals surface area contributed by atoms with Gasteiger partial charge in [-0.3, -0.25) is 14.4 Å². The first kappa shape index (κ1) is 22.5. The number of amides is 3. The van der Waals surface area contributed by atoms with Crippen LogP contribution in [0.2, 0.25) is 5.02 Å². The molecule has 4 rings (SSSR count). The maximum Gasteiger partial charge on any atom is 0.250 e. The number of fused-ring (bicyclic) bond motifs is 1. The number of carbonyl (C=O) groups excluding carboxylic acids is 3. The molecule has 2 aromatic carbocycles. The molecule has 2 heterocycles. The first-order valence-corrected chi connectivity index (χ1v) is 11.7. The Bertz CT molecular complexity index is 1040. The van der Waals surface area contributed by atoms with Crippen molar-refractivity contribution in [3.05, 3.63) is 47.5 Å². The van der Waals surface area contributed by atoms with Crippen LogP contribution < -0.4 is 15.0 Å². The van der Waals surface area contributed by atoms with Crippen molar-refractivity contribution in [3.8, 4) is 5.75 Å². The van der Waals surface area contributed by atoms with E-state index in [0.717, 1.165) is 24.2 Å². The van der Waals surface area contributed by atoms with Gasteiger partial charge in [0, 0.05) is 23.7 Å². The van der Waals surface area contributed by atoms with E-state index in [4.69, 9.17) is 16.3 Å². The third kappa shape index (κ3) is 4.71. The number of halogens is 1. The van der Waals surface area contributed by atoms with Gasteiger partial charge in [0.1, 0.15) is 12.3 Å². The summed E-state index contributed by atoms with van der Waals surface area (Å²) in [5.74, 6) is -0.430. The third-order valence-corrected chi connectivity index (χ3v) is 7.05. The maximum absolute atomic E-state index is 13.3. The topological polar surface area (TPSA) is 79.0 Å². The number of nitrogens with one attached hydrogen (secondary N) is 1. The van der Waals surface area contributed by atoms with E-state index in [1.807, 2.05) is 18.2 Å². The van der Waals surface area contributed by atoms with Crippen LogP contribution in [0.5, 0.6) is 5.75 Å². The van der Waals surface area contributed by atoms with Gasteiger partial charge in [-0.25, -0.2) is 0 Å². The summed E-state index contributed by atoms with van der Waals surface area (Å²) in [6.07, 6.45) is 2.99. The second-order valence-electron chi connectivity index (χ2n) is 7.67. The number of thioether (sulfide) groups is 1. The van der Waals surface area contributed by atoms with Crippen LogP contribution in [0.25, 0.3) is 0 Å². The first-order chi connectivity index (χ1) is 15.5. The van der Waals surface area contributed by atoms with Crippen LogP contribution in [0.15, 0.2) is 47.4 Å². The summed E-state index contributed by atoms with van der Waals surface area (Å²) in [6, 6.07) is 12.3. The number of nitrogens with zero attached hydrogens (tertiary/aromatic N) is 2. The zero-order chi connectivity index (χ0) is 22.7.